The highest BCUT2D eigenvalue weighted by Gasteiger charge is 2.30. The number of nitrogen functional groups attached to an aromatic ring is 1. The summed E-state index contributed by atoms with van der Waals surface area (Å²) in [5, 5.41) is 0. The fourth-order valence-electron chi connectivity index (χ4n) is 2.29. The van der Waals surface area contributed by atoms with Gasteiger partial charge in [0.05, 0.1) is 18.5 Å². The summed E-state index contributed by atoms with van der Waals surface area (Å²) in [6.45, 7) is 8.04. The Balaban J connectivity index is 1.98. The number of aromatic nitrogens is 1. The Morgan fingerprint density at radius 3 is 2.94 bits per heavy atom. The monoisotopic (exact) mass is 235 g/mol. The van der Waals surface area contributed by atoms with E-state index >= 15 is 0 Å². The molecular weight excluding hydrogens is 214 g/mol. The Morgan fingerprint density at radius 1 is 1.47 bits per heavy atom. The highest BCUT2D eigenvalue weighted by atomic mass is 16.5. The average Bonchev–Trinajstić information content (AvgIpc) is 2.69. The van der Waals surface area contributed by atoms with Gasteiger partial charge >= 0.3 is 0 Å². The molecule has 17 heavy (non-hydrogen) atoms. The largest absolute Gasteiger partial charge is 0.397 e. The van der Waals surface area contributed by atoms with Crippen molar-refractivity contribution < 1.29 is 4.74 Å². The summed E-state index contributed by atoms with van der Waals surface area (Å²) in [5.74, 6) is 2.28. The molecule has 0 aromatic carbocycles. The van der Waals surface area contributed by atoms with Crippen molar-refractivity contribution in [2.45, 2.75) is 13.8 Å². The maximum Gasteiger partial charge on any atom is 0.128 e. The third kappa shape index (κ3) is 2.88. The molecule has 1 fully saturated rings. The van der Waals surface area contributed by atoms with Crippen molar-refractivity contribution in [3.05, 3.63) is 18.3 Å². The minimum Gasteiger partial charge on any atom is -0.397 e. The molecule has 4 nitrogen and oxygen atoms in total. The Hall–Kier alpha value is -1.29. The lowest BCUT2D eigenvalue weighted by atomic mass is 9.99. The second-order valence-electron chi connectivity index (χ2n) is 4.75. The summed E-state index contributed by atoms with van der Waals surface area (Å²) in [5.41, 5.74) is 6.36. The van der Waals surface area contributed by atoms with E-state index in [9.17, 15) is 0 Å². The van der Waals surface area contributed by atoms with Crippen LogP contribution in [0.4, 0.5) is 11.5 Å². The van der Waals surface area contributed by atoms with Gasteiger partial charge in [0.15, 0.2) is 0 Å². The minimum absolute atomic E-state index is 0.606. The Bertz CT molecular complexity index is 352. The van der Waals surface area contributed by atoms with Crippen LogP contribution in [0.2, 0.25) is 0 Å². The second-order valence-corrected chi connectivity index (χ2v) is 4.75. The van der Waals surface area contributed by atoms with Gasteiger partial charge < -0.3 is 15.4 Å². The molecule has 1 aromatic heterocycles. The predicted octanol–water partition coefficient (Wildman–Crippen LogP) is 1.77. The summed E-state index contributed by atoms with van der Waals surface area (Å²) < 4.78 is 5.52. The number of anilines is 2. The first-order valence-corrected chi connectivity index (χ1v) is 6.25. The number of hydrogen-bond donors (Lipinski definition) is 1. The Kier molecular flexibility index (Phi) is 3.84. The van der Waals surface area contributed by atoms with E-state index in [-0.39, 0.29) is 0 Å². The topological polar surface area (TPSA) is 51.4 Å². The molecule has 0 spiro atoms. The van der Waals surface area contributed by atoms with Gasteiger partial charge in [0.2, 0.25) is 0 Å². The lowest BCUT2D eigenvalue weighted by Crippen LogP contribution is -2.22. The fourth-order valence-corrected chi connectivity index (χ4v) is 2.29. The van der Waals surface area contributed by atoms with Crippen molar-refractivity contribution in [1.82, 2.24) is 4.98 Å². The summed E-state index contributed by atoms with van der Waals surface area (Å²) in [6, 6.07) is 3.90. The molecule has 2 N–H and O–H groups in total. The van der Waals surface area contributed by atoms with E-state index in [0.29, 0.717) is 17.5 Å². The molecule has 4 heteroatoms. The van der Waals surface area contributed by atoms with Crippen LogP contribution in [0.25, 0.3) is 0 Å². The molecule has 0 aliphatic carbocycles. The number of pyridine rings is 1. The van der Waals surface area contributed by atoms with Gasteiger partial charge in [-0.3, -0.25) is 0 Å². The molecule has 2 rings (SSSR count). The summed E-state index contributed by atoms with van der Waals surface area (Å²) in [7, 11) is 0. The van der Waals surface area contributed by atoms with Crippen LogP contribution in [-0.2, 0) is 4.74 Å². The molecule has 0 saturated carbocycles. The van der Waals surface area contributed by atoms with E-state index in [1.807, 2.05) is 19.1 Å². The normalized spacial score (nSPS) is 24.2. The molecule has 2 heterocycles. The molecule has 1 aromatic rings. The molecule has 1 saturated heterocycles. The van der Waals surface area contributed by atoms with Gasteiger partial charge in [0.25, 0.3) is 0 Å². The van der Waals surface area contributed by atoms with Gasteiger partial charge in [-0.25, -0.2) is 4.98 Å². The van der Waals surface area contributed by atoms with Crippen LogP contribution in [0, 0.1) is 11.8 Å². The van der Waals surface area contributed by atoms with Gasteiger partial charge in [-0.05, 0) is 25.0 Å². The van der Waals surface area contributed by atoms with Crippen molar-refractivity contribution >= 4 is 11.5 Å². The van der Waals surface area contributed by atoms with Gasteiger partial charge in [-0.2, -0.15) is 0 Å². The molecule has 0 bridgehead atoms. The number of rotatable bonds is 4. The summed E-state index contributed by atoms with van der Waals surface area (Å²) in [4.78, 5) is 6.68. The van der Waals surface area contributed by atoms with Crippen molar-refractivity contribution in [2.24, 2.45) is 11.8 Å². The van der Waals surface area contributed by atoms with Gasteiger partial charge in [-0.1, -0.05) is 6.92 Å². The van der Waals surface area contributed by atoms with E-state index in [0.717, 1.165) is 32.1 Å². The first-order valence-electron chi connectivity index (χ1n) is 6.25. The Morgan fingerprint density at radius 2 is 2.29 bits per heavy atom. The van der Waals surface area contributed by atoms with Crippen LogP contribution >= 0.6 is 0 Å². The van der Waals surface area contributed by atoms with E-state index in [1.165, 1.54) is 0 Å². The maximum atomic E-state index is 5.64. The fraction of sp³-hybridized carbons (Fsp3) is 0.615. The molecule has 0 radical (unpaired) electrons. The van der Waals surface area contributed by atoms with Crippen LogP contribution in [0.3, 0.4) is 0 Å². The third-order valence-corrected chi connectivity index (χ3v) is 3.40. The quantitative estimate of drug-likeness (QED) is 0.864. The maximum absolute atomic E-state index is 5.64. The van der Waals surface area contributed by atoms with Crippen LogP contribution in [0.1, 0.15) is 13.8 Å². The zero-order chi connectivity index (χ0) is 12.3. The van der Waals surface area contributed by atoms with Crippen LogP contribution < -0.4 is 10.6 Å². The Labute approximate surface area is 103 Å². The third-order valence-electron chi connectivity index (χ3n) is 3.40. The lowest BCUT2D eigenvalue weighted by molar-refractivity contribution is 0.104. The van der Waals surface area contributed by atoms with Gasteiger partial charge in [0, 0.05) is 25.6 Å². The number of nitrogens with two attached hydrogens (primary N) is 1. The molecular formula is C13H21N3O. The van der Waals surface area contributed by atoms with E-state index in [4.69, 9.17) is 10.5 Å². The van der Waals surface area contributed by atoms with E-state index in [1.54, 1.807) is 6.20 Å². The highest BCUT2D eigenvalue weighted by Crippen LogP contribution is 2.27. The predicted molar refractivity (Wildman–Crippen MR) is 70.0 cm³/mol. The van der Waals surface area contributed by atoms with Crippen molar-refractivity contribution in [3.8, 4) is 0 Å². The number of hydrogen-bond acceptors (Lipinski definition) is 4. The van der Waals surface area contributed by atoms with E-state index < -0.39 is 0 Å². The highest BCUT2D eigenvalue weighted by molar-refractivity contribution is 5.46. The molecule has 1 aliphatic rings. The second kappa shape index (κ2) is 5.36. The van der Waals surface area contributed by atoms with Crippen LogP contribution in [0.15, 0.2) is 18.3 Å². The molecule has 2 atom stereocenters. The molecule has 0 amide bonds. The summed E-state index contributed by atoms with van der Waals surface area (Å²) in [6.07, 6.45) is 1.72. The summed E-state index contributed by atoms with van der Waals surface area (Å²) >= 11 is 0. The molecule has 94 valence electrons. The molecule has 2 unspecified atom stereocenters. The van der Waals surface area contributed by atoms with E-state index in [2.05, 4.69) is 16.8 Å². The average molecular weight is 235 g/mol. The van der Waals surface area contributed by atoms with Crippen LogP contribution in [-0.4, -0.2) is 31.3 Å². The first kappa shape index (κ1) is 12.2. The zero-order valence-electron chi connectivity index (χ0n) is 10.6. The zero-order valence-corrected chi connectivity index (χ0v) is 10.6. The lowest BCUT2D eigenvalue weighted by Gasteiger charge is -2.17. The number of ether oxygens (including phenoxy) is 1. The molecule has 1 aliphatic heterocycles. The van der Waals surface area contributed by atoms with Gasteiger partial charge in [-0.15, -0.1) is 0 Å². The SMILES string of the molecule is CCOCC1CN(c2ccc(N)cn2)CC1C. The van der Waals surface area contributed by atoms with Gasteiger partial charge in [0.1, 0.15) is 5.82 Å². The van der Waals surface area contributed by atoms with Crippen molar-refractivity contribution in [3.63, 3.8) is 0 Å². The van der Waals surface area contributed by atoms with Crippen molar-refractivity contribution in [1.29, 1.82) is 0 Å². The minimum atomic E-state index is 0.606. The standard InChI is InChI=1S/C13H21N3O/c1-3-17-9-11-8-16(7-10(11)2)13-5-4-12(14)6-15-13/h4-6,10-11H,3,7-9,14H2,1-2H3. The number of nitrogens with zero attached hydrogens (tertiary/aromatic N) is 2. The first-order chi connectivity index (χ1) is 8.20. The van der Waals surface area contributed by atoms with Crippen LogP contribution in [0.5, 0.6) is 0 Å². The smallest absolute Gasteiger partial charge is 0.128 e. The van der Waals surface area contributed by atoms with Crippen molar-refractivity contribution in [2.75, 3.05) is 36.9 Å².